The number of likely N-dealkylation sites (tertiary alicyclic amines) is 1. The minimum absolute atomic E-state index is 0.0603. The second kappa shape index (κ2) is 12.0. The number of hydrogen-bond acceptors (Lipinski definition) is 7. The lowest BCUT2D eigenvalue weighted by atomic mass is 10.1. The number of benzene rings is 1. The van der Waals surface area contributed by atoms with Crippen LogP contribution >= 0.6 is 11.3 Å². The Morgan fingerprint density at radius 2 is 2.10 bits per heavy atom. The molecule has 5 rings (SSSR count). The molecule has 1 atom stereocenters. The van der Waals surface area contributed by atoms with Crippen molar-refractivity contribution in [2.75, 3.05) is 11.9 Å². The highest BCUT2D eigenvalue weighted by atomic mass is 32.1. The molecule has 1 unspecified atom stereocenters. The average molecular weight is 573 g/mol. The van der Waals surface area contributed by atoms with Crippen LogP contribution in [0.3, 0.4) is 0 Å². The maximum atomic E-state index is 13.6. The second-order valence-corrected chi connectivity index (χ2v) is 11.3. The molecule has 2 amide bonds. The summed E-state index contributed by atoms with van der Waals surface area (Å²) in [6.45, 7) is 4.60. The molecule has 210 valence electrons. The van der Waals surface area contributed by atoms with Gasteiger partial charge in [-0.3, -0.25) is 14.9 Å². The number of hydrogen-bond donors (Lipinski definition) is 2. The van der Waals surface area contributed by atoms with E-state index in [0.29, 0.717) is 40.6 Å². The van der Waals surface area contributed by atoms with Crippen LogP contribution in [0.1, 0.15) is 41.9 Å². The fourth-order valence-corrected chi connectivity index (χ4v) is 5.93. The Morgan fingerprint density at radius 3 is 2.83 bits per heavy atom. The van der Waals surface area contributed by atoms with Crippen LogP contribution in [0.25, 0.3) is 21.5 Å². The lowest BCUT2D eigenvalue weighted by Crippen LogP contribution is -2.39. The number of thiophene rings is 1. The molecule has 0 bridgehead atoms. The van der Waals surface area contributed by atoms with Gasteiger partial charge in [-0.05, 0) is 60.2 Å². The summed E-state index contributed by atoms with van der Waals surface area (Å²) < 4.78 is 15.5. The van der Waals surface area contributed by atoms with Crippen molar-refractivity contribution in [2.24, 2.45) is 5.92 Å². The van der Waals surface area contributed by atoms with E-state index in [9.17, 15) is 24.3 Å². The van der Waals surface area contributed by atoms with Gasteiger partial charge in [0.2, 0.25) is 11.9 Å². The van der Waals surface area contributed by atoms with Gasteiger partial charge in [-0.1, -0.05) is 26.0 Å². The number of amides is 2. The fraction of sp³-hybridized carbons (Fsp3) is 0.300. The molecule has 1 aliphatic heterocycles. The largest absolute Gasteiger partial charge is 0.392 e. The molecule has 9 nitrogen and oxygen atoms in total. The summed E-state index contributed by atoms with van der Waals surface area (Å²) in [5.41, 5.74) is 2.78. The number of fused-ring (bicyclic) bond motifs is 1. The first-order chi connectivity index (χ1) is 19.8. The number of anilines is 1. The van der Waals surface area contributed by atoms with E-state index in [4.69, 9.17) is 0 Å². The Morgan fingerprint density at radius 1 is 1.27 bits per heavy atom. The van der Waals surface area contributed by atoms with Gasteiger partial charge in [0.05, 0.1) is 28.6 Å². The zero-order valence-corrected chi connectivity index (χ0v) is 23.5. The molecule has 0 radical (unpaired) electrons. The summed E-state index contributed by atoms with van der Waals surface area (Å²) >= 11 is 1.22. The fourth-order valence-electron chi connectivity index (χ4n) is 5.04. The van der Waals surface area contributed by atoms with Crippen LogP contribution in [-0.2, 0) is 17.9 Å². The number of imidazole rings is 1. The smallest absolute Gasteiger partial charge is 0.268 e. The number of aliphatic hydroxyl groups is 1. The Hall–Kier alpha value is -4.40. The van der Waals surface area contributed by atoms with Gasteiger partial charge in [-0.25, -0.2) is 9.97 Å². The number of aromatic nitrogens is 3. The quantitative estimate of drug-likeness (QED) is 0.171. The molecule has 0 aliphatic carbocycles. The minimum Gasteiger partial charge on any atom is -0.392 e. The topological polar surface area (TPSA) is 124 Å². The summed E-state index contributed by atoms with van der Waals surface area (Å²) in [6.07, 6.45) is 4.60. The van der Waals surface area contributed by atoms with E-state index >= 15 is 0 Å². The van der Waals surface area contributed by atoms with Gasteiger partial charge >= 0.3 is 0 Å². The Balaban J connectivity index is 1.45. The van der Waals surface area contributed by atoms with Crippen molar-refractivity contribution in [1.29, 1.82) is 5.26 Å². The van der Waals surface area contributed by atoms with Gasteiger partial charge in [0.1, 0.15) is 11.6 Å². The third kappa shape index (κ3) is 6.04. The minimum atomic E-state index is -0.598. The van der Waals surface area contributed by atoms with Gasteiger partial charge in [0, 0.05) is 30.2 Å². The Kier molecular flexibility index (Phi) is 8.23. The molecular formula is C30H29FN6O3S. The van der Waals surface area contributed by atoms with Gasteiger partial charge in [0.25, 0.3) is 11.8 Å². The molecule has 0 saturated carbocycles. The lowest BCUT2D eigenvalue weighted by Gasteiger charge is -2.26. The number of allylic oxidation sites excluding steroid dienone is 1. The molecular weight excluding hydrogens is 543 g/mol. The summed E-state index contributed by atoms with van der Waals surface area (Å²) in [7, 11) is 0. The SMILES string of the molecule is CC(C)C=C(C#N)C(=O)N1CCCC1Cn1c(NC(=O)c2ccc(-c3ccnc(F)c3)s2)nc2cc(CO)ccc21. The van der Waals surface area contributed by atoms with Crippen molar-refractivity contribution >= 4 is 40.1 Å². The Bertz CT molecular complexity index is 1680. The van der Waals surface area contributed by atoms with E-state index in [-0.39, 0.29) is 36.0 Å². The number of pyridine rings is 1. The van der Waals surface area contributed by atoms with Gasteiger partial charge in [-0.15, -0.1) is 11.3 Å². The molecule has 4 aromatic rings. The highest BCUT2D eigenvalue weighted by molar-refractivity contribution is 7.17. The van der Waals surface area contributed by atoms with Crippen LogP contribution in [0.4, 0.5) is 10.3 Å². The maximum absolute atomic E-state index is 13.6. The van der Waals surface area contributed by atoms with Crippen LogP contribution < -0.4 is 5.32 Å². The summed E-state index contributed by atoms with van der Waals surface area (Å²) in [4.78, 5) is 37.7. The summed E-state index contributed by atoms with van der Waals surface area (Å²) in [5, 5.41) is 22.2. The van der Waals surface area contributed by atoms with Crippen molar-refractivity contribution in [2.45, 2.75) is 45.9 Å². The van der Waals surface area contributed by atoms with Crippen molar-refractivity contribution in [1.82, 2.24) is 19.4 Å². The molecule has 1 aliphatic rings. The van der Waals surface area contributed by atoms with Crippen LogP contribution in [0, 0.1) is 23.2 Å². The van der Waals surface area contributed by atoms with E-state index in [0.717, 1.165) is 23.2 Å². The molecule has 3 aromatic heterocycles. The molecule has 4 heterocycles. The molecule has 11 heteroatoms. The lowest BCUT2D eigenvalue weighted by molar-refractivity contribution is -0.127. The third-order valence-electron chi connectivity index (χ3n) is 6.94. The van der Waals surface area contributed by atoms with Crippen molar-refractivity contribution in [3.05, 3.63) is 76.7 Å². The van der Waals surface area contributed by atoms with Gasteiger partial charge in [-0.2, -0.15) is 9.65 Å². The van der Waals surface area contributed by atoms with E-state index in [2.05, 4.69) is 21.4 Å². The van der Waals surface area contributed by atoms with E-state index in [1.807, 2.05) is 24.5 Å². The van der Waals surface area contributed by atoms with Crippen LogP contribution in [0.15, 0.2) is 60.3 Å². The van der Waals surface area contributed by atoms with E-state index in [1.165, 1.54) is 23.6 Å². The predicted molar refractivity (Wildman–Crippen MR) is 154 cm³/mol. The highest BCUT2D eigenvalue weighted by Gasteiger charge is 2.32. The zero-order valence-electron chi connectivity index (χ0n) is 22.7. The Labute approximate surface area is 240 Å². The van der Waals surface area contributed by atoms with Crippen LogP contribution in [0.2, 0.25) is 0 Å². The number of nitrogens with one attached hydrogen (secondary N) is 1. The summed E-state index contributed by atoms with van der Waals surface area (Å²) in [6, 6.07) is 13.7. The van der Waals surface area contributed by atoms with Crippen molar-refractivity contribution in [3.8, 4) is 16.5 Å². The van der Waals surface area contributed by atoms with Crippen molar-refractivity contribution in [3.63, 3.8) is 0 Å². The standard InChI is InChI=1S/C30H29FN6O3S/c1-18(2)12-21(15-32)29(40)36-11-3-4-22(36)16-37-24-6-5-19(17-38)13-23(24)34-30(37)35-28(39)26-8-7-25(41-26)20-9-10-33-27(31)14-20/h5-10,12-14,18,22,38H,3-4,11,16-17H2,1-2H3,(H,34,35,39). The number of carbonyl (C=O) groups is 2. The number of carbonyl (C=O) groups excluding carboxylic acids is 2. The molecule has 1 saturated heterocycles. The van der Waals surface area contributed by atoms with Gasteiger partial charge in [0.15, 0.2) is 0 Å². The number of halogens is 1. The third-order valence-corrected chi connectivity index (χ3v) is 8.08. The zero-order chi connectivity index (χ0) is 29.1. The average Bonchev–Trinajstić information content (AvgIpc) is 3.71. The molecule has 0 spiro atoms. The maximum Gasteiger partial charge on any atom is 0.268 e. The number of aliphatic hydroxyl groups excluding tert-OH is 1. The monoisotopic (exact) mass is 572 g/mol. The first-order valence-corrected chi connectivity index (χ1v) is 14.1. The van der Waals surface area contributed by atoms with Crippen molar-refractivity contribution < 1.29 is 19.1 Å². The van der Waals surface area contributed by atoms with E-state index < -0.39 is 5.95 Å². The number of rotatable bonds is 8. The molecule has 2 N–H and O–H groups in total. The highest BCUT2D eigenvalue weighted by Crippen LogP contribution is 2.30. The predicted octanol–water partition coefficient (Wildman–Crippen LogP) is 5.14. The molecule has 1 aromatic carbocycles. The number of nitrogens with zero attached hydrogens (tertiary/aromatic N) is 5. The van der Waals surface area contributed by atoms with Crippen LogP contribution in [-0.4, -0.2) is 48.9 Å². The second-order valence-electron chi connectivity index (χ2n) is 10.2. The number of nitriles is 1. The van der Waals surface area contributed by atoms with E-state index in [1.54, 1.807) is 41.3 Å². The molecule has 41 heavy (non-hydrogen) atoms. The normalized spacial score (nSPS) is 15.5. The van der Waals surface area contributed by atoms with Crippen LogP contribution in [0.5, 0.6) is 0 Å². The first-order valence-electron chi connectivity index (χ1n) is 13.3. The molecule has 1 fully saturated rings. The summed E-state index contributed by atoms with van der Waals surface area (Å²) in [5.74, 6) is -0.896. The first kappa shape index (κ1) is 28.1. The van der Waals surface area contributed by atoms with Gasteiger partial charge < -0.3 is 14.6 Å².